The van der Waals surface area contributed by atoms with Gasteiger partial charge >= 0.3 is 18.0 Å². The molecule has 0 aromatic rings. The lowest BCUT2D eigenvalue weighted by molar-refractivity contribution is -0.280. The lowest BCUT2D eigenvalue weighted by Gasteiger charge is -2.64. The highest BCUT2D eigenvalue weighted by atomic mass is 32.2. The number of alkyl carbamates (subject to hydrolysis) is 1. The number of thioether (sulfide) groups is 1. The molecule has 15 heteroatoms. The van der Waals surface area contributed by atoms with Crippen LogP contribution in [0.4, 0.5) is 4.79 Å². The molecule has 0 saturated heterocycles. The van der Waals surface area contributed by atoms with Crippen molar-refractivity contribution < 1.29 is 65.4 Å². The Morgan fingerprint density at radius 1 is 1.10 bits per heavy atom. The third kappa shape index (κ3) is 6.71. The summed E-state index contributed by atoms with van der Waals surface area (Å²) in [6.07, 6.45) is -6.39. The highest BCUT2D eigenvalue weighted by Gasteiger charge is 2.73. The van der Waals surface area contributed by atoms with Crippen molar-refractivity contribution in [3.05, 3.63) is 11.1 Å². The third-order valence-electron chi connectivity index (χ3n) is 12.4. The molecule has 14 nitrogen and oxygen atoms in total. The summed E-state index contributed by atoms with van der Waals surface area (Å²) in [5.74, 6) is -5.95. The van der Waals surface area contributed by atoms with Crippen LogP contribution in [-0.4, -0.2) is 121 Å². The molecule has 7 N–H and O–H groups in total. The number of ether oxygens (including phenoxy) is 3. The first-order valence-corrected chi connectivity index (χ1v) is 18.4. The van der Waals surface area contributed by atoms with Gasteiger partial charge in [0.1, 0.15) is 29.9 Å². The summed E-state index contributed by atoms with van der Waals surface area (Å²) in [6, 6.07) is -1.11. The minimum atomic E-state index is -2.31. The lowest BCUT2D eigenvalue weighted by atomic mass is 9.44. The van der Waals surface area contributed by atoms with Gasteiger partial charge in [0.05, 0.1) is 29.8 Å². The fourth-order valence-electron chi connectivity index (χ4n) is 9.34. The molecule has 0 aromatic heterocycles. The number of aliphatic hydroxyl groups excluding tert-OH is 4. The van der Waals surface area contributed by atoms with E-state index in [4.69, 9.17) is 15.6 Å². The standard InChI is InChI=1S/C35H55NO13S/c1-17-13-22(39)33(6)27(34(17,45)15-37)29(48-19(3)38)35(46)14-21(18(2)23(32(35,4)5)25(40)28(33)42)49-30(43)26(41)24(20-11-9-8-10-12-20)36-31(44)47-16-50-7/h17,20-22,24-27,29,37,39-41,45-46H,8-16H2,1-7H3,(H,36,44)/t17-,21+,22+,24+,25-,26-,27+,29+,33-,34+,35-/m1/s1/i7T. The molecule has 0 spiro atoms. The summed E-state index contributed by atoms with van der Waals surface area (Å²) in [6.45, 7) is 7.52. The van der Waals surface area contributed by atoms with E-state index >= 15 is 0 Å². The molecule has 4 aliphatic rings. The second-order valence-corrected chi connectivity index (χ2v) is 16.0. The summed E-state index contributed by atoms with van der Waals surface area (Å²) in [7, 11) is 0. The van der Waals surface area contributed by atoms with Gasteiger partial charge in [0, 0.05) is 26.0 Å². The largest absolute Gasteiger partial charge is 0.459 e. The topological polar surface area (TPSA) is 229 Å². The highest BCUT2D eigenvalue weighted by molar-refractivity contribution is 7.98. The van der Waals surface area contributed by atoms with Gasteiger partial charge in [0.25, 0.3) is 0 Å². The molecule has 3 fully saturated rings. The van der Waals surface area contributed by atoms with E-state index in [1.165, 1.54) is 27.7 Å². The number of rotatable bonds is 9. The molecular weight excluding hydrogens is 674 g/mol. The molecule has 0 unspecified atom stereocenters. The molecule has 4 rings (SSSR count). The van der Waals surface area contributed by atoms with Gasteiger partial charge in [-0.05, 0) is 62.3 Å². The summed E-state index contributed by atoms with van der Waals surface area (Å²) in [5, 5.41) is 73.0. The highest BCUT2D eigenvalue weighted by Crippen LogP contribution is 2.62. The fraction of sp³-hybridized carbons (Fsp3) is 0.829. The smallest absolute Gasteiger partial charge is 0.408 e. The van der Waals surface area contributed by atoms with Gasteiger partial charge in [-0.3, -0.25) is 9.59 Å². The Morgan fingerprint density at radius 2 is 1.74 bits per heavy atom. The maximum Gasteiger partial charge on any atom is 0.408 e. The minimum Gasteiger partial charge on any atom is -0.459 e. The van der Waals surface area contributed by atoms with Crippen LogP contribution in [0.5, 0.6) is 0 Å². The Bertz CT molecular complexity index is 1370. The zero-order valence-corrected chi connectivity index (χ0v) is 30.5. The first-order chi connectivity index (χ1) is 23.7. The number of esters is 2. The summed E-state index contributed by atoms with van der Waals surface area (Å²) < 4.78 is 24.0. The molecule has 284 valence electrons. The van der Waals surface area contributed by atoms with Crippen LogP contribution < -0.4 is 5.32 Å². The van der Waals surface area contributed by atoms with Crippen LogP contribution in [0.2, 0.25) is 0 Å². The molecule has 1 amide bonds. The predicted octanol–water partition coefficient (Wildman–Crippen LogP) is 1.35. The predicted molar refractivity (Wildman–Crippen MR) is 180 cm³/mol. The van der Waals surface area contributed by atoms with Gasteiger partial charge in [-0.2, -0.15) is 0 Å². The van der Waals surface area contributed by atoms with Crippen molar-refractivity contribution in [2.45, 2.75) is 134 Å². The number of ketones is 1. The number of fused-ring (bicyclic) bond motifs is 3. The molecule has 11 atom stereocenters. The van der Waals surface area contributed by atoms with E-state index in [9.17, 15) is 49.8 Å². The third-order valence-corrected chi connectivity index (χ3v) is 12.7. The van der Waals surface area contributed by atoms with Gasteiger partial charge in [-0.1, -0.05) is 40.0 Å². The second-order valence-electron chi connectivity index (χ2n) is 15.4. The Hall–Kier alpha value is -2.27. The van der Waals surface area contributed by atoms with Crippen LogP contribution in [0.15, 0.2) is 11.1 Å². The molecule has 50 heavy (non-hydrogen) atoms. The van der Waals surface area contributed by atoms with Crippen molar-refractivity contribution in [2.24, 2.45) is 28.6 Å². The maximum absolute atomic E-state index is 14.5. The van der Waals surface area contributed by atoms with Crippen molar-refractivity contribution >= 4 is 35.6 Å². The van der Waals surface area contributed by atoms with E-state index in [-0.39, 0.29) is 35.7 Å². The average molecular weight is 732 g/mol. The molecule has 4 aliphatic carbocycles. The number of nitrogens with one attached hydrogen (secondary N) is 1. The zero-order valence-electron chi connectivity index (χ0n) is 30.7. The van der Waals surface area contributed by atoms with Crippen LogP contribution in [0.1, 0.15) is 87.9 Å². The number of carbonyl (C=O) groups is 4. The van der Waals surface area contributed by atoms with E-state index in [1.807, 2.05) is 0 Å². The fourth-order valence-corrected chi connectivity index (χ4v) is 9.53. The Labute approximate surface area is 298 Å². The number of carbonyl (C=O) groups excluding carboxylic acids is 4. The SMILES string of the molecule is [3H]CSCOC(=O)N[C@@H](C1CCCCC1)[C@@H](O)C(=O)O[C@H]1C[C@@]2(O)[C@@H](OC(C)=O)[C@@H]3[C@](O)(CO)[C@H](C)C[C@H](O)[C@@]3(C)C(=O)[C@H](O)C(=C1C)C2(C)C. The summed E-state index contributed by atoms with van der Waals surface area (Å²) >= 11 is 1.04. The van der Waals surface area contributed by atoms with Crippen LogP contribution in [0, 0.1) is 28.6 Å². The monoisotopic (exact) mass is 731 g/mol. The van der Waals surface area contributed by atoms with E-state index < -0.39 is 107 Å². The van der Waals surface area contributed by atoms with Crippen LogP contribution in [-0.2, 0) is 28.6 Å². The molecule has 0 heterocycles. The van der Waals surface area contributed by atoms with E-state index in [2.05, 4.69) is 5.32 Å². The Morgan fingerprint density at radius 3 is 2.32 bits per heavy atom. The van der Waals surface area contributed by atoms with Gasteiger partial charge in [-0.15, -0.1) is 11.8 Å². The summed E-state index contributed by atoms with van der Waals surface area (Å²) in [5.41, 5.74) is -8.01. The second kappa shape index (κ2) is 15.0. The number of amides is 1. The molecule has 0 aliphatic heterocycles. The maximum atomic E-state index is 14.5. The molecule has 2 bridgehead atoms. The van der Waals surface area contributed by atoms with E-state index in [1.54, 1.807) is 6.92 Å². The van der Waals surface area contributed by atoms with E-state index in [0.717, 1.165) is 37.9 Å². The molecule has 0 radical (unpaired) electrons. The molecule has 0 aromatic carbocycles. The quantitative estimate of drug-likeness (QED) is 0.0584. The average Bonchev–Trinajstić information content (AvgIpc) is 3.07. The van der Waals surface area contributed by atoms with Crippen molar-refractivity contribution in [1.29, 1.82) is 0 Å². The normalized spacial score (nSPS) is 38.8. The van der Waals surface area contributed by atoms with Crippen molar-refractivity contribution in [1.82, 2.24) is 5.32 Å². The number of Topliss-reactive ketones (excluding diaryl/α,β-unsaturated/α-hetero) is 1. The zero-order chi connectivity index (χ0) is 38.3. The molecule has 3 saturated carbocycles. The number of hydrogen-bond donors (Lipinski definition) is 7. The minimum absolute atomic E-state index is 0.0365. The first kappa shape index (κ1) is 38.9. The van der Waals surface area contributed by atoms with Gasteiger partial charge in [-0.25, -0.2) is 9.59 Å². The van der Waals surface area contributed by atoms with Crippen LogP contribution in [0.3, 0.4) is 0 Å². The van der Waals surface area contributed by atoms with Crippen LogP contribution in [0.25, 0.3) is 0 Å². The first-order valence-electron chi connectivity index (χ1n) is 18.0. The van der Waals surface area contributed by atoms with E-state index in [0.29, 0.717) is 12.8 Å². The lowest BCUT2D eigenvalue weighted by Crippen LogP contribution is -2.76. The van der Waals surface area contributed by atoms with Crippen molar-refractivity contribution in [3.8, 4) is 0 Å². The van der Waals surface area contributed by atoms with Crippen LogP contribution >= 0.6 is 11.8 Å². The Balaban J connectivity index is 1.81. The van der Waals surface area contributed by atoms with Crippen molar-refractivity contribution in [3.63, 3.8) is 0 Å². The molecular formula is C35H55NO13S. The Kier molecular flexibility index (Phi) is 11.7. The van der Waals surface area contributed by atoms with Gasteiger partial charge < -0.3 is 50.2 Å². The number of hydrogen-bond acceptors (Lipinski definition) is 14. The van der Waals surface area contributed by atoms with Crippen molar-refractivity contribution in [2.75, 3.05) is 18.8 Å². The summed E-state index contributed by atoms with van der Waals surface area (Å²) in [4.78, 5) is 53.7. The van der Waals surface area contributed by atoms with Gasteiger partial charge in [0.2, 0.25) is 0 Å². The number of aliphatic hydroxyl groups is 6. The van der Waals surface area contributed by atoms with Gasteiger partial charge in [0.15, 0.2) is 11.9 Å².